The molecule has 3 aromatic rings. The van der Waals surface area contributed by atoms with Crippen molar-refractivity contribution in [3.63, 3.8) is 0 Å². The van der Waals surface area contributed by atoms with Crippen molar-refractivity contribution in [3.05, 3.63) is 89.5 Å². The number of amides is 1. The molecule has 0 saturated carbocycles. The smallest absolute Gasteiger partial charge is 0.326 e. The number of ether oxygens (including phenoxy) is 1. The molecular formula is C34H42N2O4S. The van der Waals surface area contributed by atoms with Crippen LogP contribution < -0.4 is 10.1 Å². The molecule has 3 aromatic carbocycles. The largest absolute Gasteiger partial charge is 0.492 e. The van der Waals surface area contributed by atoms with Crippen LogP contribution in [0.5, 0.6) is 5.75 Å². The maximum atomic E-state index is 13.5. The van der Waals surface area contributed by atoms with Gasteiger partial charge in [0.05, 0.1) is 5.54 Å². The summed E-state index contributed by atoms with van der Waals surface area (Å²) in [7, 11) is 0. The molecule has 0 aromatic heterocycles. The van der Waals surface area contributed by atoms with E-state index in [9.17, 15) is 14.7 Å². The van der Waals surface area contributed by atoms with Crippen LogP contribution in [0.4, 0.5) is 0 Å². The van der Waals surface area contributed by atoms with E-state index in [4.69, 9.17) is 4.74 Å². The van der Waals surface area contributed by atoms with Crippen LogP contribution in [0.2, 0.25) is 0 Å². The summed E-state index contributed by atoms with van der Waals surface area (Å²) in [4.78, 5) is 27.8. The zero-order valence-corrected chi connectivity index (χ0v) is 25.4. The third kappa shape index (κ3) is 7.72. The first-order valence-electron chi connectivity index (χ1n) is 14.4. The number of para-hydroxylation sites is 1. The molecule has 1 aliphatic rings. The van der Waals surface area contributed by atoms with Crippen molar-refractivity contribution in [2.24, 2.45) is 5.92 Å². The first-order chi connectivity index (χ1) is 19.7. The van der Waals surface area contributed by atoms with E-state index in [1.807, 2.05) is 79.9 Å². The lowest BCUT2D eigenvalue weighted by Crippen LogP contribution is -2.45. The Morgan fingerprint density at radius 2 is 1.83 bits per heavy atom. The van der Waals surface area contributed by atoms with Gasteiger partial charge in [-0.1, -0.05) is 61.9 Å². The Morgan fingerprint density at radius 1 is 1.10 bits per heavy atom. The number of thioether (sulfide) groups is 1. The molecule has 1 amide bonds. The predicted octanol–water partition coefficient (Wildman–Crippen LogP) is 6.67. The second kappa shape index (κ2) is 14.1. The van der Waals surface area contributed by atoms with Gasteiger partial charge in [-0.15, -0.1) is 0 Å². The minimum atomic E-state index is -1.02. The van der Waals surface area contributed by atoms with Gasteiger partial charge >= 0.3 is 5.97 Å². The van der Waals surface area contributed by atoms with Gasteiger partial charge in [0.25, 0.3) is 5.91 Å². The third-order valence-electron chi connectivity index (χ3n) is 8.19. The number of benzene rings is 3. The van der Waals surface area contributed by atoms with Gasteiger partial charge in [-0.2, -0.15) is 11.8 Å². The molecule has 41 heavy (non-hydrogen) atoms. The normalized spacial score (nSPS) is 19.6. The average Bonchev–Trinajstić information content (AvgIpc) is 3.29. The molecular weight excluding hydrogens is 532 g/mol. The molecule has 1 heterocycles. The number of carbonyl (C=O) groups excluding carboxylic acids is 1. The summed E-state index contributed by atoms with van der Waals surface area (Å²) < 4.78 is 6.25. The zero-order valence-electron chi connectivity index (χ0n) is 24.6. The minimum Gasteiger partial charge on any atom is -0.492 e. The maximum Gasteiger partial charge on any atom is 0.326 e. The Balaban J connectivity index is 1.63. The molecule has 0 bridgehead atoms. The topological polar surface area (TPSA) is 78.9 Å². The summed E-state index contributed by atoms with van der Waals surface area (Å²) in [6.07, 6.45) is 4.48. The Bertz CT molecular complexity index is 1330. The molecule has 0 aliphatic carbocycles. The van der Waals surface area contributed by atoms with Crippen LogP contribution in [-0.2, 0) is 11.3 Å². The van der Waals surface area contributed by atoms with Crippen molar-refractivity contribution < 1.29 is 19.4 Å². The average molecular weight is 575 g/mol. The number of aliphatic carboxylic acids is 1. The Morgan fingerprint density at radius 3 is 2.51 bits per heavy atom. The van der Waals surface area contributed by atoms with Gasteiger partial charge in [0.15, 0.2) is 0 Å². The standard InChI is InChI=1S/C34H42N2O4S/c1-5-25-20-34(3,23-40-27-12-7-6-8-13-27)36(21-25)22-26-15-16-29(30(19-26)28-14-10-9-11-24(28)2)32(37)35-31(33(38)39)17-18-41-4/h6-16,19,25,31H,5,17-18,20-23H2,1-4H3,(H,35,37)(H,38,39)/t25-,31+,34-/m1/s1. The second-order valence-electron chi connectivity index (χ2n) is 11.3. The molecule has 0 radical (unpaired) electrons. The van der Waals surface area contributed by atoms with Crippen LogP contribution in [0, 0.1) is 12.8 Å². The summed E-state index contributed by atoms with van der Waals surface area (Å²) in [6, 6.07) is 23.0. The van der Waals surface area contributed by atoms with E-state index >= 15 is 0 Å². The number of carbonyl (C=O) groups is 2. The van der Waals surface area contributed by atoms with Gasteiger partial charge < -0.3 is 15.2 Å². The molecule has 7 heteroatoms. The Labute approximate surface area is 248 Å². The maximum absolute atomic E-state index is 13.5. The summed E-state index contributed by atoms with van der Waals surface area (Å²) in [6.45, 7) is 8.90. The fraction of sp³-hybridized carbons (Fsp3) is 0.412. The monoisotopic (exact) mass is 574 g/mol. The fourth-order valence-electron chi connectivity index (χ4n) is 5.72. The number of likely N-dealkylation sites (tertiary alicyclic amines) is 1. The summed E-state index contributed by atoms with van der Waals surface area (Å²) >= 11 is 1.56. The summed E-state index contributed by atoms with van der Waals surface area (Å²) in [5.74, 6) is 0.745. The molecule has 0 spiro atoms. The van der Waals surface area contributed by atoms with E-state index in [0.717, 1.165) is 53.9 Å². The van der Waals surface area contributed by atoms with Gasteiger partial charge in [-0.25, -0.2) is 4.79 Å². The molecule has 0 unspecified atom stereocenters. The highest BCUT2D eigenvalue weighted by Gasteiger charge is 2.42. The van der Waals surface area contributed by atoms with Crippen molar-refractivity contribution in [1.82, 2.24) is 10.2 Å². The summed E-state index contributed by atoms with van der Waals surface area (Å²) in [5.41, 5.74) is 4.32. The van der Waals surface area contributed by atoms with Crippen LogP contribution in [0.15, 0.2) is 72.8 Å². The number of aryl methyl sites for hydroxylation is 1. The molecule has 6 nitrogen and oxygen atoms in total. The molecule has 1 fully saturated rings. The SMILES string of the molecule is CC[C@H]1CN(Cc2ccc(C(=O)N[C@@H](CCSC)C(=O)O)c(-c3ccccc3C)c2)[C@@](C)(COc2ccccc2)C1. The Kier molecular flexibility index (Phi) is 10.5. The number of rotatable bonds is 13. The molecule has 218 valence electrons. The van der Waals surface area contributed by atoms with Crippen LogP contribution in [0.25, 0.3) is 11.1 Å². The van der Waals surface area contributed by atoms with E-state index in [2.05, 4.69) is 30.1 Å². The lowest BCUT2D eigenvalue weighted by molar-refractivity contribution is -0.139. The van der Waals surface area contributed by atoms with Crippen LogP contribution in [-0.4, -0.2) is 58.6 Å². The first-order valence-corrected chi connectivity index (χ1v) is 15.8. The minimum absolute atomic E-state index is 0.124. The molecule has 4 rings (SSSR count). The first kappa shape index (κ1) is 30.7. The van der Waals surface area contributed by atoms with Gasteiger partial charge in [0, 0.05) is 18.7 Å². The number of nitrogens with one attached hydrogen (secondary N) is 1. The van der Waals surface area contributed by atoms with Crippen molar-refractivity contribution >= 4 is 23.6 Å². The fourth-order valence-corrected chi connectivity index (χ4v) is 6.19. The molecule has 1 aliphatic heterocycles. The number of hydrogen-bond acceptors (Lipinski definition) is 5. The third-order valence-corrected chi connectivity index (χ3v) is 8.84. The number of nitrogens with zero attached hydrogens (tertiary/aromatic N) is 1. The van der Waals surface area contributed by atoms with Crippen molar-refractivity contribution in [2.45, 2.75) is 58.2 Å². The van der Waals surface area contributed by atoms with Crippen molar-refractivity contribution in [2.75, 3.05) is 25.2 Å². The highest BCUT2D eigenvalue weighted by molar-refractivity contribution is 7.98. The van der Waals surface area contributed by atoms with Crippen LogP contribution in [0.1, 0.15) is 54.6 Å². The molecule has 3 atom stereocenters. The van der Waals surface area contributed by atoms with Crippen LogP contribution in [0.3, 0.4) is 0 Å². The van der Waals surface area contributed by atoms with Gasteiger partial charge in [0.1, 0.15) is 18.4 Å². The highest BCUT2D eigenvalue weighted by atomic mass is 32.2. The highest BCUT2D eigenvalue weighted by Crippen LogP contribution is 2.37. The second-order valence-corrected chi connectivity index (χ2v) is 12.3. The van der Waals surface area contributed by atoms with Gasteiger partial charge in [-0.05, 0) is 91.1 Å². The zero-order chi connectivity index (χ0) is 29.4. The van der Waals surface area contributed by atoms with E-state index in [1.54, 1.807) is 11.8 Å². The molecule has 1 saturated heterocycles. The van der Waals surface area contributed by atoms with E-state index in [0.29, 0.717) is 30.3 Å². The Hall–Kier alpha value is -3.29. The van der Waals surface area contributed by atoms with Gasteiger partial charge in [-0.3, -0.25) is 9.69 Å². The van der Waals surface area contributed by atoms with Gasteiger partial charge in [0.2, 0.25) is 0 Å². The van der Waals surface area contributed by atoms with E-state index in [-0.39, 0.29) is 11.4 Å². The number of hydrogen-bond donors (Lipinski definition) is 2. The summed E-state index contributed by atoms with van der Waals surface area (Å²) in [5, 5.41) is 12.5. The van der Waals surface area contributed by atoms with Crippen LogP contribution >= 0.6 is 11.8 Å². The predicted molar refractivity (Wildman–Crippen MR) is 168 cm³/mol. The quantitative estimate of drug-likeness (QED) is 0.237. The lowest BCUT2D eigenvalue weighted by Gasteiger charge is -2.35. The van der Waals surface area contributed by atoms with E-state index in [1.165, 1.54) is 0 Å². The van der Waals surface area contributed by atoms with Crippen molar-refractivity contribution in [3.8, 4) is 16.9 Å². The van der Waals surface area contributed by atoms with E-state index < -0.39 is 12.0 Å². The molecule has 2 N–H and O–H groups in total. The number of carboxylic acid groups (broad SMARTS) is 1. The van der Waals surface area contributed by atoms with Crippen molar-refractivity contribution in [1.29, 1.82) is 0 Å². The number of carboxylic acids is 1. The lowest BCUT2D eigenvalue weighted by atomic mass is 9.92.